The predicted octanol–water partition coefficient (Wildman–Crippen LogP) is 3.01. The molecule has 0 fully saturated rings. The normalized spacial score (nSPS) is 12.3. The zero-order valence-electron chi connectivity index (χ0n) is 17.0. The Hall–Kier alpha value is -3.48. The van der Waals surface area contributed by atoms with E-state index in [2.05, 4.69) is 32.9 Å². The van der Waals surface area contributed by atoms with Gasteiger partial charge in [-0.05, 0) is 42.8 Å². The van der Waals surface area contributed by atoms with Crippen LogP contribution in [0.15, 0.2) is 72.0 Å². The van der Waals surface area contributed by atoms with Crippen molar-refractivity contribution in [1.82, 2.24) is 20.4 Å². The van der Waals surface area contributed by atoms with Gasteiger partial charge < -0.3 is 20.1 Å². The molecule has 0 bridgehead atoms. The fourth-order valence-electron chi connectivity index (χ4n) is 2.85. The predicted molar refractivity (Wildman–Crippen MR) is 115 cm³/mol. The third-order valence-electron chi connectivity index (χ3n) is 4.32. The van der Waals surface area contributed by atoms with E-state index in [0.717, 1.165) is 22.7 Å². The highest BCUT2D eigenvalue weighted by atomic mass is 16.5. The van der Waals surface area contributed by atoms with Crippen molar-refractivity contribution >= 4 is 5.96 Å². The van der Waals surface area contributed by atoms with Crippen molar-refractivity contribution in [2.75, 3.05) is 20.7 Å². The van der Waals surface area contributed by atoms with Crippen molar-refractivity contribution < 1.29 is 9.47 Å². The first-order chi connectivity index (χ1) is 14.2. The molecule has 1 atom stereocenters. The van der Waals surface area contributed by atoms with Crippen LogP contribution in [-0.4, -0.2) is 42.5 Å². The Labute approximate surface area is 171 Å². The largest absolute Gasteiger partial charge is 0.493 e. The molecule has 152 valence electrons. The van der Waals surface area contributed by atoms with E-state index < -0.39 is 0 Å². The summed E-state index contributed by atoms with van der Waals surface area (Å²) in [7, 11) is 3.39. The molecule has 0 aliphatic carbocycles. The second kappa shape index (κ2) is 10.2. The summed E-state index contributed by atoms with van der Waals surface area (Å²) in [5.41, 5.74) is 2.16. The molecule has 0 aliphatic heterocycles. The number of benzene rings is 2. The van der Waals surface area contributed by atoms with Crippen LogP contribution in [-0.2, 0) is 6.54 Å². The quantitative estimate of drug-likeness (QED) is 0.455. The van der Waals surface area contributed by atoms with Crippen LogP contribution in [0.5, 0.6) is 11.5 Å². The Morgan fingerprint density at radius 2 is 1.93 bits per heavy atom. The van der Waals surface area contributed by atoms with Crippen LogP contribution in [0.4, 0.5) is 0 Å². The molecule has 29 heavy (non-hydrogen) atoms. The van der Waals surface area contributed by atoms with Crippen molar-refractivity contribution in [1.29, 1.82) is 0 Å². The Morgan fingerprint density at radius 3 is 2.66 bits per heavy atom. The number of hydrogen-bond acceptors (Lipinski definition) is 4. The van der Waals surface area contributed by atoms with E-state index >= 15 is 0 Å². The molecule has 2 aromatic carbocycles. The topological polar surface area (TPSA) is 72.7 Å². The van der Waals surface area contributed by atoms with Gasteiger partial charge in [-0.2, -0.15) is 5.10 Å². The summed E-state index contributed by atoms with van der Waals surface area (Å²) in [6, 6.07) is 17.8. The van der Waals surface area contributed by atoms with E-state index in [1.54, 1.807) is 20.4 Å². The minimum Gasteiger partial charge on any atom is -0.493 e. The van der Waals surface area contributed by atoms with Gasteiger partial charge in [0, 0.05) is 26.0 Å². The minimum absolute atomic E-state index is 0.0620. The number of guanidine groups is 1. The van der Waals surface area contributed by atoms with Gasteiger partial charge in [0.25, 0.3) is 0 Å². The molecule has 1 heterocycles. The lowest BCUT2D eigenvalue weighted by Gasteiger charge is -2.19. The maximum Gasteiger partial charge on any atom is 0.191 e. The fourth-order valence-corrected chi connectivity index (χ4v) is 2.85. The SMILES string of the molecule is CN=C(NCc1cccc(-n2cccn2)c1)NCC(C)Oc1ccccc1OC. The smallest absolute Gasteiger partial charge is 0.191 e. The van der Waals surface area contributed by atoms with E-state index in [1.807, 2.05) is 60.3 Å². The zero-order chi connectivity index (χ0) is 20.5. The Bertz CT molecular complexity index is 924. The molecule has 3 aromatic rings. The second-order valence-corrected chi connectivity index (χ2v) is 6.51. The highest BCUT2D eigenvalue weighted by molar-refractivity contribution is 5.79. The van der Waals surface area contributed by atoms with Gasteiger partial charge in [-0.1, -0.05) is 24.3 Å². The molecule has 0 amide bonds. The van der Waals surface area contributed by atoms with Gasteiger partial charge in [0.05, 0.1) is 19.3 Å². The van der Waals surface area contributed by atoms with Crippen molar-refractivity contribution in [2.24, 2.45) is 4.99 Å². The number of aliphatic imine (C=N–C) groups is 1. The standard InChI is InChI=1S/C22H27N5O2/c1-17(29-21-11-5-4-10-20(21)28-3)15-24-22(23-2)25-16-18-8-6-9-19(14-18)27-13-7-12-26-27/h4-14,17H,15-16H2,1-3H3,(H2,23,24,25). The zero-order valence-corrected chi connectivity index (χ0v) is 17.0. The van der Waals surface area contributed by atoms with E-state index in [9.17, 15) is 0 Å². The maximum atomic E-state index is 5.97. The number of nitrogens with zero attached hydrogens (tertiary/aromatic N) is 3. The molecule has 1 aromatic heterocycles. The summed E-state index contributed by atoms with van der Waals surface area (Å²) in [6.45, 7) is 3.25. The van der Waals surface area contributed by atoms with Gasteiger partial charge >= 0.3 is 0 Å². The van der Waals surface area contributed by atoms with Crippen LogP contribution in [0.1, 0.15) is 12.5 Å². The first kappa shape index (κ1) is 20.3. The summed E-state index contributed by atoms with van der Waals surface area (Å²) in [5.74, 6) is 2.16. The lowest BCUT2D eigenvalue weighted by Crippen LogP contribution is -2.41. The number of methoxy groups -OCH3 is 1. The van der Waals surface area contributed by atoms with Gasteiger partial charge in [-0.15, -0.1) is 0 Å². The third-order valence-corrected chi connectivity index (χ3v) is 4.32. The Kier molecular flexibility index (Phi) is 7.10. The monoisotopic (exact) mass is 393 g/mol. The van der Waals surface area contributed by atoms with Crippen LogP contribution < -0.4 is 20.1 Å². The van der Waals surface area contributed by atoms with Gasteiger partial charge in [-0.3, -0.25) is 4.99 Å². The number of hydrogen-bond donors (Lipinski definition) is 2. The Balaban J connectivity index is 1.50. The van der Waals surface area contributed by atoms with Crippen molar-refractivity contribution in [3.05, 3.63) is 72.6 Å². The van der Waals surface area contributed by atoms with E-state index in [4.69, 9.17) is 9.47 Å². The number of ether oxygens (including phenoxy) is 2. The first-order valence-electron chi connectivity index (χ1n) is 9.52. The third kappa shape index (κ3) is 5.75. The van der Waals surface area contributed by atoms with E-state index in [-0.39, 0.29) is 6.10 Å². The summed E-state index contributed by atoms with van der Waals surface area (Å²) < 4.78 is 13.1. The molecule has 7 heteroatoms. The van der Waals surface area contributed by atoms with Crippen LogP contribution >= 0.6 is 0 Å². The van der Waals surface area contributed by atoms with Crippen LogP contribution in [0.3, 0.4) is 0 Å². The maximum absolute atomic E-state index is 5.97. The lowest BCUT2D eigenvalue weighted by atomic mass is 10.2. The Morgan fingerprint density at radius 1 is 1.10 bits per heavy atom. The molecular weight excluding hydrogens is 366 g/mol. The van der Waals surface area contributed by atoms with Gasteiger partial charge in [-0.25, -0.2) is 4.68 Å². The van der Waals surface area contributed by atoms with E-state index in [1.165, 1.54) is 0 Å². The van der Waals surface area contributed by atoms with Gasteiger partial charge in [0.15, 0.2) is 17.5 Å². The van der Waals surface area contributed by atoms with Crippen LogP contribution in [0.2, 0.25) is 0 Å². The molecule has 0 saturated carbocycles. The minimum atomic E-state index is -0.0620. The van der Waals surface area contributed by atoms with Crippen molar-refractivity contribution in [2.45, 2.75) is 19.6 Å². The molecule has 1 unspecified atom stereocenters. The van der Waals surface area contributed by atoms with Crippen LogP contribution in [0, 0.1) is 0 Å². The highest BCUT2D eigenvalue weighted by Gasteiger charge is 2.09. The molecule has 0 radical (unpaired) electrons. The molecule has 0 spiro atoms. The van der Waals surface area contributed by atoms with Crippen LogP contribution in [0.25, 0.3) is 5.69 Å². The molecule has 3 rings (SSSR count). The average molecular weight is 393 g/mol. The second-order valence-electron chi connectivity index (χ2n) is 6.51. The van der Waals surface area contributed by atoms with Gasteiger partial charge in [0.2, 0.25) is 0 Å². The molecular formula is C22H27N5O2. The average Bonchev–Trinajstić information content (AvgIpc) is 3.29. The van der Waals surface area contributed by atoms with Crippen molar-refractivity contribution in [3.8, 4) is 17.2 Å². The van der Waals surface area contributed by atoms with Crippen molar-refractivity contribution in [3.63, 3.8) is 0 Å². The van der Waals surface area contributed by atoms with E-state index in [0.29, 0.717) is 19.0 Å². The summed E-state index contributed by atoms with van der Waals surface area (Å²) >= 11 is 0. The number of aromatic nitrogens is 2. The summed E-state index contributed by atoms with van der Waals surface area (Å²) in [6.07, 6.45) is 3.63. The number of nitrogens with one attached hydrogen (secondary N) is 2. The summed E-state index contributed by atoms with van der Waals surface area (Å²) in [5, 5.41) is 10.9. The number of para-hydroxylation sites is 2. The number of rotatable bonds is 8. The lowest BCUT2D eigenvalue weighted by molar-refractivity contribution is 0.213. The first-order valence-corrected chi connectivity index (χ1v) is 9.52. The molecule has 0 saturated heterocycles. The molecule has 2 N–H and O–H groups in total. The fraction of sp³-hybridized carbons (Fsp3) is 0.273. The molecule has 0 aliphatic rings. The summed E-state index contributed by atoms with van der Waals surface area (Å²) in [4.78, 5) is 4.28. The van der Waals surface area contributed by atoms with Gasteiger partial charge in [0.1, 0.15) is 6.10 Å². The molecule has 7 nitrogen and oxygen atoms in total. The highest BCUT2D eigenvalue weighted by Crippen LogP contribution is 2.26.